The number of thiazole rings is 1. The van der Waals surface area contributed by atoms with E-state index in [1.54, 1.807) is 36.0 Å². The summed E-state index contributed by atoms with van der Waals surface area (Å²) in [5, 5.41) is 6.44. The summed E-state index contributed by atoms with van der Waals surface area (Å²) in [5.74, 6) is 1.03. The van der Waals surface area contributed by atoms with Gasteiger partial charge in [-0.25, -0.2) is 4.98 Å². The predicted octanol–water partition coefficient (Wildman–Crippen LogP) is 6.59. The van der Waals surface area contributed by atoms with Crippen LogP contribution in [0, 0.1) is 0 Å². The zero-order valence-corrected chi connectivity index (χ0v) is 18.6. The van der Waals surface area contributed by atoms with Crippen molar-refractivity contribution in [3.8, 4) is 5.75 Å². The van der Waals surface area contributed by atoms with Crippen LogP contribution in [0.15, 0.2) is 46.1 Å². The molecule has 1 aromatic heterocycles. The van der Waals surface area contributed by atoms with Crippen molar-refractivity contribution in [3.05, 3.63) is 68.1 Å². The summed E-state index contributed by atoms with van der Waals surface area (Å²) < 4.78 is 6.11. The Kier molecular flexibility index (Phi) is 7.48. The number of nitrogens with zero attached hydrogens (tertiary/aromatic N) is 1. The Labute approximate surface area is 186 Å². The summed E-state index contributed by atoms with van der Waals surface area (Å²) in [6.45, 7) is 0. The number of halogens is 3. The maximum atomic E-state index is 12.3. The number of hydrogen-bond donors (Lipinski definition) is 1. The van der Waals surface area contributed by atoms with Gasteiger partial charge in [-0.2, -0.15) is 0 Å². The molecule has 4 nitrogen and oxygen atoms in total. The van der Waals surface area contributed by atoms with Crippen LogP contribution in [-0.4, -0.2) is 18.0 Å². The maximum Gasteiger partial charge on any atom is 0.230 e. The number of ether oxygens (including phenoxy) is 1. The van der Waals surface area contributed by atoms with Gasteiger partial charge in [0.15, 0.2) is 0 Å². The fourth-order valence-electron chi connectivity index (χ4n) is 2.35. The van der Waals surface area contributed by atoms with Crippen molar-refractivity contribution in [2.24, 2.45) is 0 Å². The zero-order valence-electron chi connectivity index (χ0n) is 14.7. The minimum absolute atomic E-state index is 0.161. The fourth-order valence-corrected chi connectivity index (χ4v) is 4.93. The Bertz CT molecular complexity index is 995. The number of aromatic nitrogens is 1. The number of anilines is 1. The number of carbonyl (C=O) groups excluding carboxylic acids is 1. The van der Waals surface area contributed by atoms with Crippen LogP contribution in [0.25, 0.3) is 0 Å². The number of benzene rings is 2. The molecule has 0 bridgehead atoms. The van der Waals surface area contributed by atoms with Crippen LogP contribution >= 0.6 is 57.9 Å². The lowest BCUT2D eigenvalue weighted by Crippen LogP contribution is -2.15. The summed E-state index contributed by atoms with van der Waals surface area (Å²) in [4.78, 5) is 16.9. The van der Waals surface area contributed by atoms with E-state index in [4.69, 9.17) is 39.5 Å². The Hall–Kier alpha value is -1.44. The molecule has 0 aliphatic rings. The van der Waals surface area contributed by atoms with Crippen molar-refractivity contribution >= 4 is 69.5 Å². The Morgan fingerprint density at radius 3 is 2.68 bits per heavy atom. The number of rotatable bonds is 7. The van der Waals surface area contributed by atoms with Crippen LogP contribution in [0.1, 0.15) is 11.3 Å². The molecule has 0 atom stereocenters. The normalized spacial score (nSPS) is 10.7. The SMILES string of the molecule is COc1ccc(Cl)cc1NC(=O)Cc1csc(SCc2ccc(Cl)cc2Cl)n1. The molecule has 0 radical (unpaired) electrons. The number of thioether (sulfide) groups is 1. The van der Waals surface area contributed by atoms with Crippen molar-refractivity contribution < 1.29 is 9.53 Å². The molecule has 28 heavy (non-hydrogen) atoms. The molecule has 0 saturated heterocycles. The van der Waals surface area contributed by atoms with Crippen molar-refractivity contribution in [1.82, 2.24) is 4.98 Å². The van der Waals surface area contributed by atoms with Gasteiger partial charge in [-0.3, -0.25) is 4.79 Å². The second-order valence-electron chi connectivity index (χ2n) is 5.70. The summed E-state index contributed by atoms with van der Waals surface area (Å²) in [6.07, 6.45) is 0.161. The molecule has 0 aliphatic heterocycles. The van der Waals surface area contributed by atoms with E-state index in [0.717, 1.165) is 9.90 Å². The van der Waals surface area contributed by atoms with E-state index in [-0.39, 0.29) is 12.3 Å². The second-order valence-corrected chi connectivity index (χ2v) is 9.06. The third kappa shape index (κ3) is 5.78. The van der Waals surface area contributed by atoms with E-state index >= 15 is 0 Å². The summed E-state index contributed by atoms with van der Waals surface area (Å²) in [5.41, 5.74) is 2.22. The molecular formula is C19H15Cl3N2O2S2. The molecule has 0 aliphatic carbocycles. The standard InChI is InChI=1S/C19H15Cl3N2O2S2/c1-26-17-5-4-13(21)7-16(17)24-18(25)8-14-10-28-19(23-14)27-9-11-2-3-12(20)6-15(11)22/h2-7,10H,8-9H2,1H3,(H,24,25). The van der Waals surface area contributed by atoms with E-state index in [1.807, 2.05) is 17.5 Å². The number of methoxy groups -OCH3 is 1. The van der Waals surface area contributed by atoms with Crippen LogP contribution in [0.5, 0.6) is 5.75 Å². The average molecular weight is 474 g/mol. The molecule has 146 valence electrons. The lowest BCUT2D eigenvalue weighted by atomic mass is 10.2. The van der Waals surface area contributed by atoms with E-state index in [1.165, 1.54) is 18.4 Å². The first kappa shape index (κ1) is 21.3. The molecule has 0 spiro atoms. The minimum Gasteiger partial charge on any atom is -0.495 e. The first-order valence-corrected chi connectivity index (χ1v) is 11.1. The smallest absolute Gasteiger partial charge is 0.230 e. The number of hydrogen-bond acceptors (Lipinski definition) is 5. The first-order valence-electron chi connectivity index (χ1n) is 8.09. The van der Waals surface area contributed by atoms with Gasteiger partial charge in [0.25, 0.3) is 0 Å². The minimum atomic E-state index is -0.192. The van der Waals surface area contributed by atoms with Gasteiger partial charge in [-0.15, -0.1) is 11.3 Å². The summed E-state index contributed by atoms with van der Waals surface area (Å²) in [6, 6.07) is 10.5. The number of amides is 1. The molecule has 1 amide bonds. The van der Waals surface area contributed by atoms with Gasteiger partial charge in [0.1, 0.15) is 10.1 Å². The predicted molar refractivity (Wildman–Crippen MR) is 118 cm³/mol. The highest BCUT2D eigenvalue weighted by molar-refractivity contribution is 8.00. The molecule has 2 aromatic carbocycles. The van der Waals surface area contributed by atoms with Gasteiger partial charge < -0.3 is 10.1 Å². The molecule has 1 heterocycles. The van der Waals surface area contributed by atoms with E-state index in [2.05, 4.69) is 10.3 Å². The number of nitrogens with one attached hydrogen (secondary N) is 1. The van der Waals surface area contributed by atoms with Crippen LogP contribution in [-0.2, 0) is 17.0 Å². The van der Waals surface area contributed by atoms with Gasteiger partial charge in [0.2, 0.25) is 5.91 Å². The van der Waals surface area contributed by atoms with Crippen LogP contribution in [0.4, 0.5) is 5.69 Å². The molecule has 0 unspecified atom stereocenters. The van der Waals surface area contributed by atoms with Gasteiger partial charge in [-0.1, -0.05) is 52.6 Å². The van der Waals surface area contributed by atoms with E-state index < -0.39 is 0 Å². The zero-order chi connectivity index (χ0) is 20.1. The van der Waals surface area contributed by atoms with Crippen molar-refractivity contribution in [2.45, 2.75) is 16.5 Å². The summed E-state index contributed by atoms with van der Waals surface area (Å²) >= 11 is 21.2. The quantitative estimate of drug-likeness (QED) is 0.393. The Morgan fingerprint density at radius 2 is 1.93 bits per heavy atom. The highest BCUT2D eigenvalue weighted by atomic mass is 35.5. The van der Waals surface area contributed by atoms with Crippen molar-refractivity contribution in [2.75, 3.05) is 12.4 Å². The molecule has 3 aromatic rings. The monoisotopic (exact) mass is 472 g/mol. The Balaban J connectivity index is 1.58. The van der Waals surface area contributed by atoms with Crippen LogP contribution in [0.2, 0.25) is 15.1 Å². The van der Waals surface area contributed by atoms with Crippen molar-refractivity contribution in [3.63, 3.8) is 0 Å². The van der Waals surface area contributed by atoms with Crippen LogP contribution in [0.3, 0.4) is 0 Å². The average Bonchev–Trinajstić information content (AvgIpc) is 3.08. The molecular weight excluding hydrogens is 459 g/mol. The third-order valence-corrected chi connectivity index (χ3v) is 6.61. The van der Waals surface area contributed by atoms with E-state index in [9.17, 15) is 4.79 Å². The van der Waals surface area contributed by atoms with Gasteiger partial charge >= 0.3 is 0 Å². The first-order chi connectivity index (χ1) is 13.4. The lowest BCUT2D eigenvalue weighted by molar-refractivity contribution is -0.115. The molecule has 0 fully saturated rings. The van der Waals surface area contributed by atoms with Gasteiger partial charge in [-0.05, 0) is 35.9 Å². The highest BCUT2D eigenvalue weighted by Gasteiger charge is 2.12. The summed E-state index contributed by atoms with van der Waals surface area (Å²) in [7, 11) is 1.54. The van der Waals surface area contributed by atoms with Crippen molar-refractivity contribution in [1.29, 1.82) is 0 Å². The molecule has 3 rings (SSSR count). The lowest BCUT2D eigenvalue weighted by Gasteiger charge is -2.10. The van der Waals surface area contributed by atoms with Gasteiger partial charge in [0, 0.05) is 26.2 Å². The number of carbonyl (C=O) groups is 1. The molecule has 0 saturated carbocycles. The Morgan fingerprint density at radius 1 is 1.18 bits per heavy atom. The fraction of sp³-hybridized carbons (Fsp3) is 0.158. The van der Waals surface area contributed by atoms with E-state index in [0.29, 0.717) is 38.0 Å². The molecule has 9 heteroatoms. The topological polar surface area (TPSA) is 51.2 Å². The highest BCUT2D eigenvalue weighted by Crippen LogP contribution is 2.31. The largest absolute Gasteiger partial charge is 0.495 e. The second kappa shape index (κ2) is 9.85. The third-order valence-electron chi connectivity index (χ3n) is 3.67. The van der Waals surface area contributed by atoms with Gasteiger partial charge in [0.05, 0.1) is 24.9 Å². The van der Waals surface area contributed by atoms with Crippen LogP contribution < -0.4 is 10.1 Å². The maximum absolute atomic E-state index is 12.3. The molecule has 1 N–H and O–H groups in total.